The minimum Gasteiger partial charge on any atom is -0.379 e. The van der Waals surface area contributed by atoms with E-state index in [0.29, 0.717) is 37.0 Å². The number of hydrogen-bond acceptors (Lipinski definition) is 8. The lowest BCUT2D eigenvalue weighted by Gasteiger charge is -2.29. The van der Waals surface area contributed by atoms with Crippen LogP contribution in [-0.2, 0) is 14.8 Å². The Morgan fingerprint density at radius 2 is 1.85 bits per heavy atom. The molecule has 8 nitrogen and oxygen atoms in total. The summed E-state index contributed by atoms with van der Waals surface area (Å²) in [6.45, 7) is 4.22. The Morgan fingerprint density at radius 3 is 2.50 bits per heavy atom. The third-order valence-corrected chi connectivity index (χ3v) is 9.28. The maximum Gasteiger partial charge on any atom is 0.260 e. The van der Waals surface area contributed by atoms with Gasteiger partial charge in [-0.3, -0.25) is 14.6 Å². The molecule has 0 atom stereocenters. The van der Waals surface area contributed by atoms with E-state index in [1.54, 1.807) is 28.8 Å². The average molecular weight is 521 g/mol. The number of carbonyl (C=O) groups is 1. The van der Waals surface area contributed by atoms with Crippen molar-refractivity contribution in [1.82, 2.24) is 14.2 Å². The summed E-state index contributed by atoms with van der Waals surface area (Å²) in [5.74, 6) is -0.203. The number of benzene rings is 2. The Bertz CT molecular complexity index is 1250. The van der Waals surface area contributed by atoms with Gasteiger partial charge in [0.05, 0.1) is 28.3 Å². The largest absolute Gasteiger partial charge is 0.379 e. The van der Waals surface area contributed by atoms with Crippen LogP contribution in [0.2, 0.25) is 0 Å². The third-order valence-electron chi connectivity index (χ3n) is 5.68. The summed E-state index contributed by atoms with van der Waals surface area (Å²) in [5, 5.41) is 0.636. The van der Waals surface area contributed by atoms with Crippen LogP contribution in [0.3, 0.4) is 0 Å². The fourth-order valence-electron chi connectivity index (χ4n) is 3.62. The first kappa shape index (κ1) is 25.1. The summed E-state index contributed by atoms with van der Waals surface area (Å²) in [7, 11) is -0.596. The molecule has 0 bridgehead atoms. The van der Waals surface area contributed by atoms with E-state index >= 15 is 0 Å². The van der Waals surface area contributed by atoms with E-state index in [2.05, 4.69) is 11.0 Å². The van der Waals surface area contributed by atoms with Crippen molar-refractivity contribution in [3.8, 4) is 0 Å². The SMILES string of the molecule is CSc1ccc2nc(N(CCN3CCOCC3)C(=O)c3ccc(S(=O)(=O)N(C)C)cc3)sc2c1. The smallest absolute Gasteiger partial charge is 0.260 e. The van der Waals surface area contributed by atoms with Crippen LogP contribution in [0.4, 0.5) is 5.13 Å². The zero-order valence-electron chi connectivity index (χ0n) is 19.4. The van der Waals surface area contributed by atoms with Crippen LogP contribution < -0.4 is 4.90 Å². The summed E-state index contributed by atoms with van der Waals surface area (Å²) in [6, 6.07) is 12.2. The van der Waals surface area contributed by atoms with E-state index in [4.69, 9.17) is 9.72 Å². The van der Waals surface area contributed by atoms with Crippen molar-refractivity contribution < 1.29 is 17.9 Å². The molecule has 182 valence electrons. The number of thiazole rings is 1. The second-order valence-electron chi connectivity index (χ2n) is 8.05. The van der Waals surface area contributed by atoms with Crippen molar-refractivity contribution in [2.24, 2.45) is 0 Å². The van der Waals surface area contributed by atoms with Gasteiger partial charge in [0.15, 0.2) is 5.13 Å². The molecular formula is C23H28N4O4S3. The molecule has 2 heterocycles. The van der Waals surface area contributed by atoms with Crippen LogP contribution in [0.15, 0.2) is 52.3 Å². The van der Waals surface area contributed by atoms with Crippen molar-refractivity contribution in [3.05, 3.63) is 48.0 Å². The van der Waals surface area contributed by atoms with E-state index in [1.165, 1.54) is 37.6 Å². The molecule has 0 aliphatic carbocycles. The van der Waals surface area contributed by atoms with Gasteiger partial charge in [0.2, 0.25) is 10.0 Å². The van der Waals surface area contributed by atoms with Crippen LogP contribution in [0.25, 0.3) is 10.2 Å². The number of nitrogens with zero attached hydrogens (tertiary/aromatic N) is 4. The minimum atomic E-state index is -3.56. The van der Waals surface area contributed by atoms with Gasteiger partial charge >= 0.3 is 0 Å². The van der Waals surface area contributed by atoms with Crippen LogP contribution in [0.5, 0.6) is 0 Å². The highest BCUT2D eigenvalue weighted by Gasteiger charge is 2.24. The Kier molecular flexibility index (Phi) is 7.90. The standard InChI is InChI=1S/C23H28N4O4S3/c1-25(2)34(29,30)19-7-4-17(5-8-19)22(28)27(11-10-26-12-14-31-15-13-26)23-24-20-9-6-18(32-3)16-21(20)33-23/h4-9,16H,10-15H2,1-3H3. The van der Waals surface area contributed by atoms with E-state index < -0.39 is 10.0 Å². The van der Waals surface area contributed by atoms with Gasteiger partial charge in [-0.05, 0) is 48.7 Å². The molecule has 4 rings (SSSR count). The number of thioether (sulfide) groups is 1. The maximum absolute atomic E-state index is 13.6. The molecule has 1 aliphatic heterocycles. The highest BCUT2D eigenvalue weighted by molar-refractivity contribution is 7.98. The van der Waals surface area contributed by atoms with Gasteiger partial charge in [-0.2, -0.15) is 0 Å². The molecule has 2 aromatic carbocycles. The lowest BCUT2D eigenvalue weighted by atomic mass is 10.2. The Hall–Kier alpha value is -2.02. The average Bonchev–Trinajstić information content (AvgIpc) is 3.27. The molecule has 0 N–H and O–H groups in total. The van der Waals surface area contributed by atoms with Gasteiger partial charge in [-0.15, -0.1) is 11.8 Å². The molecule has 1 aliphatic rings. The summed E-state index contributed by atoms with van der Waals surface area (Å²) in [6.07, 6.45) is 2.03. The van der Waals surface area contributed by atoms with Crippen molar-refractivity contribution >= 4 is 54.4 Å². The number of aromatic nitrogens is 1. The van der Waals surface area contributed by atoms with Crippen molar-refractivity contribution in [3.63, 3.8) is 0 Å². The number of amides is 1. The molecule has 11 heteroatoms. The second kappa shape index (κ2) is 10.7. The maximum atomic E-state index is 13.6. The topological polar surface area (TPSA) is 83.0 Å². The molecular weight excluding hydrogens is 492 g/mol. The number of carbonyl (C=O) groups excluding carboxylic acids is 1. The van der Waals surface area contributed by atoms with Crippen molar-refractivity contribution in [2.75, 3.05) is 64.6 Å². The lowest BCUT2D eigenvalue weighted by Crippen LogP contribution is -2.43. The normalized spacial score (nSPS) is 15.2. The van der Waals surface area contributed by atoms with Crippen molar-refractivity contribution in [2.45, 2.75) is 9.79 Å². The molecule has 0 radical (unpaired) electrons. The highest BCUT2D eigenvalue weighted by Crippen LogP contribution is 2.32. The van der Waals surface area contributed by atoms with Crippen LogP contribution in [0, 0.1) is 0 Å². The monoisotopic (exact) mass is 520 g/mol. The number of sulfonamides is 1. The predicted octanol–water partition coefficient (Wildman–Crippen LogP) is 3.25. The van der Waals surface area contributed by atoms with Crippen molar-refractivity contribution in [1.29, 1.82) is 0 Å². The van der Waals surface area contributed by atoms with E-state index in [1.807, 2.05) is 18.4 Å². The first-order chi connectivity index (χ1) is 16.3. The molecule has 0 saturated carbocycles. The van der Waals surface area contributed by atoms with Gasteiger partial charge in [-0.25, -0.2) is 17.7 Å². The molecule has 0 spiro atoms. The van der Waals surface area contributed by atoms with Gasteiger partial charge < -0.3 is 4.74 Å². The molecule has 1 amide bonds. The molecule has 0 unspecified atom stereocenters. The Balaban J connectivity index is 1.63. The van der Waals surface area contributed by atoms with E-state index in [9.17, 15) is 13.2 Å². The Labute approximate surface area is 208 Å². The summed E-state index contributed by atoms with van der Waals surface area (Å²) < 4.78 is 32.4. The Morgan fingerprint density at radius 1 is 1.15 bits per heavy atom. The van der Waals surface area contributed by atoms with Gasteiger partial charge in [-0.1, -0.05) is 11.3 Å². The van der Waals surface area contributed by atoms with Gasteiger partial charge in [0, 0.05) is 50.7 Å². The highest BCUT2D eigenvalue weighted by atomic mass is 32.2. The minimum absolute atomic E-state index is 0.151. The number of hydrogen-bond donors (Lipinski definition) is 0. The van der Waals surface area contributed by atoms with E-state index in [-0.39, 0.29) is 10.8 Å². The number of anilines is 1. The summed E-state index contributed by atoms with van der Waals surface area (Å²) >= 11 is 3.16. The fraction of sp³-hybridized carbons (Fsp3) is 0.391. The first-order valence-corrected chi connectivity index (χ1v) is 14.4. The van der Waals surface area contributed by atoms with E-state index in [0.717, 1.165) is 32.5 Å². The molecule has 34 heavy (non-hydrogen) atoms. The van der Waals surface area contributed by atoms with Gasteiger partial charge in [0.1, 0.15) is 0 Å². The zero-order chi connectivity index (χ0) is 24.3. The fourth-order valence-corrected chi connectivity index (χ4v) is 6.07. The third kappa shape index (κ3) is 5.45. The number of morpholine rings is 1. The quantitative estimate of drug-likeness (QED) is 0.422. The molecule has 1 aromatic heterocycles. The molecule has 1 fully saturated rings. The lowest BCUT2D eigenvalue weighted by molar-refractivity contribution is 0.0391. The second-order valence-corrected chi connectivity index (χ2v) is 12.1. The summed E-state index contributed by atoms with van der Waals surface area (Å²) in [5.41, 5.74) is 1.28. The first-order valence-electron chi connectivity index (χ1n) is 10.9. The molecule has 1 saturated heterocycles. The zero-order valence-corrected chi connectivity index (χ0v) is 21.9. The van der Waals surface area contributed by atoms with Crippen LogP contribution in [-0.4, -0.2) is 88.3 Å². The number of rotatable bonds is 8. The van der Waals surface area contributed by atoms with Gasteiger partial charge in [0.25, 0.3) is 5.91 Å². The summed E-state index contributed by atoms with van der Waals surface area (Å²) in [4.78, 5) is 23.6. The predicted molar refractivity (Wildman–Crippen MR) is 138 cm³/mol. The van der Waals surface area contributed by atoms with Crippen LogP contribution in [0.1, 0.15) is 10.4 Å². The number of ether oxygens (including phenoxy) is 1. The molecule has 3 aromatic rings. The number of fused-ring (bicyclic) bond motifs is 1. The van der Waals surface area contributed by atoms with Crippen LogP contribution >= 0.6 is 23.1 Å².